The van der Waals surface area contributed by atoms with E-state index in [9.17, 15) is 18.0 Å². The number of carbonyl (C=O) groups excluding carboxylic acids is 1. The zero-order valence-electron chi connectivity index (χ0n) is 16.3. The number of alkyl halides is 3. The van der Waals surface area contributed by atoms with Crippen LogP contribution in [0.15, 0.2) is 77.6 Å². The van der Waals surface area contributed by atoms with Gasteiger partial charge < -0.3 is 14.6 Å². The highest BCUT2D eigenvalue weighted by Crippen LogP contribution is 2.25. The molecule has 0 saturated heterocycles. The summed E-state index contributed by atoms with van der Waals surface area (Å²) in [7, 11) is 0. The van der Waals surface area contributed by atoms with Gasteiger partial charge in [-0.3, -0.25) is 9.78 Å². The molecule has 7 nitrogen and oxygen atoms in total. The number of nitrogens with one attached hydrogen (secondary N) is 1. The van der Waals surface area contributed by atoms with Crippen molar-refractivity contribution in [2.45, 2.75) is 12.8 Å². The Balaban J connectivity index is 1.50. The average molecular weight is 440 g/mol. The third-order valence-electron chi connectivity index (χ3n) is 4.32. The molecule has 0 fully saturated rings. The van der Waals surface area contributed by atoms with E-state index in [-0.39, 0.29) is 12.0 Å². The predicted molar refractivity (Wildman–Crippen MR) is 108 cm³/mol. The summed E-state index contributed by atoms with van der Waals surface area (Å²) < 4.78 is 46.5. The molecule has 0 radical (unpaired) electrons. The second-order valence-electron chi connectivity index (χ2n) is 6.62. The summed E-state index contributed by atoms with van der Waals surface area (Å²) in [5.41, 5.74) is 1.86. The Morgan fingerprint density at radius 2 is 1.91 bits per heavy atom. The third kappa shape index (κ3) is 5.28. The fraction of sp³-hybridized carbons (Fsp3) is 0.0909. The Morgan fingerprint density at radius 3 is 2.69 bits per heavy atom. The lowest BCUT2D eigenvalue weighted by Gasteiger charge is -2.12. The Morgan fingerprint density at radius 1 is 1.06 bits per heavy atom. The smallest absolute Gasteiger partial charge is 0.406 e. The molecule has 0 atom stereocenters. The average Bonchev–Trinajstić information content (AvgIpc) is 3.23. The molecule has 1 N–H and O–H groups in total. The van der Waals surface area contributed by atoms with Gasteiger partial charge in [-0.25, -0.2) is 0 Å². The maximum absolute atomic E-state index is 12.6. The normalized spacial score (nSPS) is 11.2. The zero-order chi connectivity index (χ0) is 22.6. The second-order valence-corrected chi connectivity index (χ2v) is 6.62. The van der Waals surface area contributed by atoms with Crippen LogP contribution < -0.4 is 10.1 Å². The number of anilines is 1. The van der Waals surface area contributed by atoms with Crippen LogP contribution in [-0.4, -0.2) is 27.4 Å². The van der Waals surface area contributed by atoms with Crippen molar-refractivity contribution in [1.82, 2.24) is 15.1 Å². The van der Waals surface area contributed by atoms with E-state index in [1.54, 1.807) is 48.8 Å². The maximum atomic E-state index is 12.6. The summed E-state index contributed by atoms with van der Waals surface area (Å²) in [6, 6.07) is 15.3. The number of pyridine rings is 1. The van der Waals surface area contributed by atoms with Crippen molar-refractivity contribution in [1.29, 1.82) is 0 Å². The lowest BCUT2D eigenvalue weighted by Crippen LogP contribution is -2.18. The highest BCUT2D eigenvalue weighted by atomic mass is 19.4. The molecule has 0 aliphatic heterocycles. The number of benzene rings is 2. The first-order valence-electron chi connectivity index (χ1n) is 9.35. The molecule has 2 aromatic carbocycles. The number of halogens is 3. The number of carbonyl (C=O) groups is 1. The van der Waals surface area contributed by atoms with E-state index in [4.69, 9.17) is 4.52 Å². The van der Waals surface area contributed by atoms with E-state index in [2.05, 4.69) is 25.2 Å². The summed E-state index contributed by atoms with van der Waals surface area (Å²) in [6.07, 6.45) is -1.37. The van der Waals surface area contributed by atoms with Gasteiger partial charge >= 0.3 is 6.36 Å². The van der Waals surface area contributed by atoms with Crippen LogP contribution in [0.2, 0.25) is 0 Å². The number of amides is 1. The molecule has 0 bridgehead atoms. The number of hydrogen-bond donors (Lipinski definition) is 1. The van der Waals surface area contributed by atoms with Gasteiger partial charge in [-0.2, -0.15) is 4.98 Å². The molecule has 32 heavy (non-hydrogen) atoms. The number of rotatable bonds is 6. The first-order valence-corrected chi connectivity index (χ1v) is 9.35. The minimum atomic E-state index is -4.85. The molecular formula is C22H15F3N4O3. The molecule has 0 aliphatic rings. The SMILES string of the molecule is O=C(Nc1ccccc1Cc1nc(-c2cccnc2)no1)c1cccc(OC(F)(F)F)c1. The van der Waals surface area contributed by atoms with Gasteiger partial charge in [0.1, 0.15) is 5.75 Å². The van der Waals surface area contributed by atoms with Gasteiger partial charge in [0.25, 0.3) is 5.91 Å². The minimum Gasteiger partial charge on any atom is -0.406 e. The number of ether oxygens (including phenoxy) is 1. The third-order valence-corrected chi connectivity index (χ3v) is 4.32. The molecular weight excluding hydrogens is 425 g/mol. The standard InChI is InChI=1S/C22H15F3N4O3/c23-22(24,25)31-17-8-3-6-15(11-17)21(30)27-18-9-2-1-5-14(18)12-19-28-20(29-32-19)16-7-4-10-26-13-16/h1-11,13H,12H2,(H,27,30). The van der Waals surface area contributed by atoms with Crippen molar-refractivity contribution in [3.63, 3.8) is 0 Å². The molecule has 1 amide bonds. The van der Waals surface area contributed by atoms with Gasteiger partial charge in [0.05, 0.1) is 6.42 Å². The van der Waals surface area contributed by atoms with Crippen LogP contribution in [0.5, 0.6) is 5.75 Å². The van der Waals surface area contributed by atoms with E-state index < -0.39 is 18.0 Å². The van der Waals surface area contributed by atoms with Crippen LogP contribution in [0.3, 0.4) is 0 Å². The van der Waals surface area contributed by atoms with Crippen molar-refractivity contribution in [2.24, 2.45) is 0 Å². The summed E-state index contributed by atoms with van der Waals surface area (Å²) in [5.74, 6) is -0.360. The molecule has 4 aromatic rings. The Kier molecular flexibility index (Phi) is 5.84. The molecule has 0 spiro atoms. The summed E-state index contributed by atoms with van der Waals surface area (Å²) >= 11 is 0. The van der Waals surface area contributed by atoms with Crippen LogP contribution in [-0.2, 0) is 6.42 Å². The van der Waals surface area contributed by atoms with Crippen LogP contribution in [0, 0.1) is 0 Å². The monoisotopic (exact) mass is 440 g/mol. The van der Waals surface area contributed by atoms with Crippen molar-refractivity contribution in [3.05, 3.63) is 90.1 Å². The summed E-state index contributed by atoms with van der Waals surface area (Å²) in [6.45, 7) is 0. The second kappa shape index (κ2) is 8.88. The van der Waals surface area contributed by atoms with E-state index in [1.165, 1.54) is 12.1 Å². The van der Waals surface area contributed by atoms with E-state index in [1.807, 2.05) is 0 Å². The minimum absolute atomic E-state index is 0.0122. The van der Waals surface area contributed by atoms with E-state index in [0.29, 0.717) is 28.5 Å². The van der Waals surface area contributed by atoms with Gasteiger partial charge in [-0.1, -0.05) is 29.4 Å². The van der Waals surface area contributed by atoms with Gasteiger partial charge in [0.15, 0.2) is 0 Å². The number of nitrogens with zero attached hydrogens (tertiary/aromatic N) is 3. The molecule has 0 unspecified atom stereocenters. The number of aromatic nitrogens is 3. The number of hydrogen-bond acceptors (Lipinski definition) is 6. The lowest BCUT2D eigenvalue weighted by atomic mass is 10.1. The first kappa shape index (κ1) is 21.0. The molecule has 2 aromatic heterocycles. The zero-order valence-corrected chi connectivity index (χ0v) is 16.3. The molecule has 10 heteroatoms. The fourth-order valence-electron chi connectivity index (χ4n) is 2.93. The highest BCUT2D eigenvalue weighted by Gasteiger charge is 2.31. The van der Waals surface area contributed by atoms with Gasteiger partial charge in [0, 0.05) is 29.2 Å². The van der Waals surface area contributed by atoms with Crippen molar-refractivity contribution in [3.8, 4) is 17.1 Å². The van der Waals surface area contributed by atoms with Crippen molar-refractivity contribution < 1.29 is 27.2 Å². The maximum Gasteiger partial charge on any atom is 0.573 e. The Labute approximate surface area is 179 Å². The van der Waals surface area contributed by atoms with Crippen LogP contribution in [0.4, 0.5) is 18.9 Å². The molecule has 0 aliphatic carbocycles. The van der Waals surface area contributed by atoms with Crippen molar-refractivity contribution in [2.75, 3.05) is 5.32 Å². The highest BCUT2D eigenvalue weighted by molar-refractivity contribution is 6.04. The van der Waals surface area contributed by atoms with Gasteiger partial charge in [-0.05, 0) is 42.0 Å². The number of para-hydroxylation sites is 1. The van der Waals surface area contributed by atoms with Crippen LogP contribution in [0.1, 0.15) is 21.8 Å². The Hall–Kier alpha value is -4.21. The molecule has 2 heterocycles. The van der Waals surface area contributed by atoms with Crippen molar-refractivity contribution >= 4 is 11.6 Å². The van der Waals surface area contributed by atoms with Crippen LogP contribution in [0.25, 0.3) is 11.4 Å². The first-order chi connectivity index (χ1) is 15.4. The van der Waals surface area contributed by atoms with Crippen LogP contribution >= 0.6 is 0 Å². The largest absolute Gasteiger partial charge is 0.573 e. The quantitative estimate of drug-likeness (QED) is 0.460. The van der Waals surface area contributed by atoms with Gasteiger partial charge in [-0.15, -0.1) is 13.2 Å². The van der Waals surface area contributed by atoms with E-state index in [0.717, 1.165) is 12.1 Å². The van der Waals surface area contributed by atoms with Gasteiger partial charge in [0.2, 0.25) is 11.7 Å². The lowest BCUT2D eigenvalue weighted by molar-refractivity contribution is -0.274. The topological polar surface area (TPSA) is 90.1 Å². The molecule has 4 rings (SSSR count). The molecule has 162 valence electrons. The fourth-order valence-corrected chi connectivity index (χ4v) is 2.93. The summed E-state index contributed by atoms with van der Waals surface area (Å²) in [4.78, 5) is 21.0. The summed E-state index contributed by atoms with van der Waals surface area (Å²) in [5, 5.41) is 6.64. The predicted octanol–water partition coefficient (Wildman–Crippen LogP) is 4.87. The Bertz CT molecular complexity index is 1230. The molecule has 0 saturated carbocycles. The van der Waals surface area contributed by atoms with E-state index >= 15 is 0 Å².